The number of benzene rings is 1. The van der Waals surface area contributed by atoms with Crippen molar-refractivity contribution in [1.82, 2.24) is 0 Å². The van der Waals surface area contributed by atoms with Gasteiger partial charge in [-0.2, -0.15) is 11.8 Å². The average molecular weight is 345 g/mol. The van der Waals surface area contributed by atoms with Crippen LogP contribution < -0.4 is 5.32 Å². The van der Waals surface area contributed by atoms with Crippen LogP contribution in [0.4, 0.5) is 11.4 Å². The molecule has 4 nitrogen and oxygen atoms in total. The lowest BCUT2D eigenvalue weighted by Gasteiger charge is -2.27. The van der Waals surface area contributed by atoms with Crippen molar-refractivity contribution < 1.29 is 4.92 Å². The fourth-order valence-electron chi connectivity index (χ4n) is 2.49. The molecule has 0 amide bonds. The van der Waals surface area contributed by atoms with Crippen molar-refractivity contribution in [3.8, 4) is 0 Å². The third kappa shape index (κ3) is 3.42. The largest absolute Gasteiger partial charge is 0.383 e. The number of nitrogens with one attached hydrogen (secondary N) is 1. The van der Waals surface area contributed by atoms with Crippen LogP contribution in [-0.4, -0.2) is 22.5 Å². The zero-order valence-corrected chi connectivity index (χ0v) is 13.2. The molecule has 2 rings (SSSR count). The monoisotopic (exact) mass is 344 g/mol. The summed E-state index contributed by atoms with van der Waals surface area (Å²) < 4.78 is 1.07. The molecule has 1 saturated carbocycles. The van der Waals surface area contributed by atoms with E-state index < -0.39 is 0 Å². The number of hydrogen-bond acceptors (Lipinski definition) is 4. The van der Waals surface area contributed by atoms with Gasteiger partial charge in [0.25, 0.3) is 5.69 Å². The summed E-state index contributed by atoms with van der Waals surface area (Å²) in [5, 5.41) is 14.1. The van der Waals surface area contributed by atoms with Gasteiger partial charge in [-0.05, 0) is 41.1 Å². The van der Waals surface area contributed by atoms with Crippen molar-refractivity contribution in [2.75, 3.05) is 18.1 Å². The van der Waals surface area contributed by atoms with E-state index in [1.54, 1.807) is 12.1 Å². The Labute approximate surface area is 125 Å². The zero-order chi connectivity index (χ0) is 13.9. The minimum absolute atomic E-state index is 0.109. The van der Waals surface area contributed by atoms with Crippen LogP contribution in [0.3, 0.4) is 0 Å². The lowest BCUT2D eigenvalue weighted by molar-refractivity contribution is -0.384. The Hall–Kier alpha value is -0.750. The van der Waals surface area contributed by atoms with Gasteiger partial charge in [0.05, 0.1) is 4.92 Å². The molecule has 1 aliphatic rings. The van der Waals surface area contributed by atoms with E-state index >= 15 is 0 Å². The second-order valence-corrected chi connectivity index (χ2v) is 7.00. The fourth-order valence-corrected chi connectivity index (χ4v) is 3.91. The van der Waals surface area contributed by atoms with E-state index in [9.17, 15) is 10.1 Å². The minimum atomic E-state index is -0.380. The molecule has 0 atom stereocenters. The number of nitrogens with zero attached hydrogens (tertiary/aromatic N) is 1. The Morgan fingerprint density at radius 3 is 2.68 bits per heavy atom. The first kappa shape index (κ1) is 14.7. The summed E-state index contributed by atoms with van der Waals surface area (Å²) in [6.07, 6.45) is 7.24. The Morgan fingerprint density at radius 2 is 2.16 bits per heavy atom. The molecule has 6 heteroatoms. The molecule has 0 saturated heterocycles. The van der Waals surface area contributed by atoms with Gasteiger partial charge in [-0.25, -0.2) is 0 Å². The number of nitro benzene ring substituents is 1. The third-order valence-electron chi connectivity index (χ3n) is 3.71. The molecule has 0 heterocycles. The van der Waals surface area contributed by atoms with E-state index in [1.165, 1.54) is 31.7 Å². The van der Waals surface area contributed by atoms with Crippen LogP contribution in [0.1, 0.15) is 25.7 Å². The maximum atomic E-state index is 10.7. The van der Waals surface area contributed by atoms with Gasteiger partial charge < -0.3 is 5.32 Å². The highest BCUT2D eigenvalue weighted by atomic mass is 79.9. The van der Waals surface area contributed by atoms with Gasteiger partial charge >= 0.3 is 0 Å². The zero-order valence-electron chi connectivity index (χ0n) is 10.8. The van der Waals surface area contributed by atoms with Crippen LogP contribution in [0, 0.1) is 10.1 Å². The van der Waals surface area contributed by atoms with E-state index in [0.717, 1.165) is 16.7 Å². The van der Waals surface area contributed by atoms with Crippen molar-refractivity contribution in [3.05, 3.63) is 32.8 Å². The maximum absolute atomic E-state index is 10.7. The molecule has 0 spiro atoms. The van der Waals surface area contributed by atoms with Gasteiger partial charge in [0.2, 0.25) is 0 Å². The predicted octanol–water partition coefficient (Wildman–Crippen LogP) is 4.45. The number of nitro groups is 1. The van der Waals surface area contributed by atoms with E-state index in [4.69, 9.17) is 0 Å². The van der Waals surface area contributed by atoms with Crippen LogP contribution in [-0.2, 0) is 0 Å². The fraction of sp³-hybridized carbons (Fsp3) is 0.538. The lowest BCUT2D eigenvalue weighted by Crippen LogP contribution is -2.30. The molecule has 1 aromatic rings. The molecule has 1 fully saturated rings. The standard InChI is InChI=1S/C13H17BrN2O2S/c1-19-13(6-2-3-7-13)9-15-12-5-4-10(16(17)18)8-11(12)14/h4-5,8,15H,2-3,6-7,9H2,1H3. The van der Waals surface area contributed by atoms with Crippen LogP contribution >= 0.6 is 27.7 Å². The first-order chi connectivity index (χ1) is 9.06. The van der Waals surface area contributed by atoms with Gasteiger partial charge in [0.15, 0.2) is 0 Å². The van der Waals surface area contributed by atoms with Gasteiger partial charge in [0, 0.05) is 33.6 Å². The summed E-state index contributed by atoms with van der Waals surface area (Å²) in [4.78, 5) is 10.3. The number of anilines is 1. The number of non-ortho nitro benzene ring substituents is 1. The molecule has 1 aromatic carbocycles. The third-order valence-corrected chi connectivity index (χ3v) is 5.79. The second kappa shape index (κ2) is 6.13. The summed E-state index contributed by atoms with van der Waals surface area (Å²) in [7, 11) is 0. The molecule has 0 radical (unpaired) electrons. The van der Waals surface area contributed by atoms with Crippen molar-refractivity contribution in [1.29, 1.82) is 0 Å². The van der Waals surface area contributed by atoms with Crippen molar-refractivity contribution in [2.45, 2.75) is 30.4 Å². The quantitative estimate of drug-likeness (QED) is 0.633. The van der Waals surface area contributed by atoms with Crippen LogP contribution in [0.25, 0.3) is 0 Å². The molecule has 0 unspecified atom stereocenters. The summed E-state index contributed by atoms with van der Waals surface area (Å²) in [5.41, 5.74) is 1.03. The van der Waals surface area contributed by atoms with Crippen LogP contribution in [0.2, 0.25) is 0 Å². The van der Waals surface area contributed by atoms with E-state index in [2.05, 4.69) is 27.5 Å². The van der Waals surface area contributed by atoms with Crippen LogP contribution in [0.15, 0.2) is 22.7 Å². The highest BCUT2D eigenvalue weighted by Gasteiger charge is 2.32. The average Bonchev–Trinajstić information content (AvgIpc) is 2.86. The summed E-state index contributed by atoms with van der Waals surface area (Å²) >= 11 is 5.32. The van der Waals surface area contributed by atoms with Crippen LogP contribution in [0.5, 0.6) is 0 Å². The van der Waals surface area contributed by atoms with E-state index in [0.29, 0.717) is 4.75 Å². The topological polar surface area (TPSA) is 55.2 Å². The Morgan fingerprint density at radius 1 is 1.47 bits per heavy atom. The molecule has 0 bridgehead atoms. The maximum Gasteiger partial charge on any atom is 0.270 e. The van der Waals surface area contributed by atoms with Gasteiger partial charge in [-0.3, -0.25) is 10.1 Å². The highest BCUT2D eigenvalue weighted by Crippen LogP contribution is 2.40. The number of rotatable bonds is 5. The summed E-state index contributed by atoms with van der Waals surface area (Å²) in [5.74, 6) is 0. The predicted molar refractivity (Wildman–Crippen MR) is 84.0 cm³/mol. The van der Waals surface area contributed by atoms with Gasteiger partial charge in [-0.15, -0.1) is 0 Å². The molecular weight excluding hydrogens is 328 g/mol. The van der Waals surface area contributed by atoms with Gasteiger partial charge in [-0.1, -0.05) is 12.8 Å². The molecule has 104 valence electrons. The number of thioether (sulfide) groups is 1. The first-order valence-corrected chi connectivity index (χ1v) is 8.31. The van der Waals surface area contributed by atoms with Crippen molar-refractivity contribution >= 4 is 39.1 Å². The van der Waals surface area contributed by atoms with Crippen molar-refractivity contribution in [3.63, 3.8) is 0 Å². The lowest BCUT2D eigenvalue weighted by atomic mass is 10.1. The molecular formula is C13H17BrN2O2S. The SMILES string of the molecule is CSC1(CNc2ccc([N+](=O)[O-])cc2Br)CCCC1. The number of halogens is 1. The molecule has 1 N–H and O–H groups in total. The molecule has 19 heavy (non-hydrogen) atoms. The van der Waals surface area contributed by atoms with Crippen molar-refractivity contribution in [2.24, 2.45) is 0 Å². The first-order valence-electron chi connectivity index (χ1n) is 6.29. The summed E-state index contributed by atoms with van der Waals surface area (Å²) in [6, 6.07) is 4.85. The Kier molecular flexibility index (Phi) is 4.73. The Bertz CT molecular complexity index is 476. The summed E-state index contributed by atoms with van der Waals surface area (Å²) in [6.45, 7) is 0.907. The molecule has 1 aliphatic carbocycles. The smallest absolute Gasteiger partial charge is 0.270 e. The number of hydrogen-bond donors (Lipinski definition) is 1. The molecule has 0 aromatic heterocycles. The van der Waals surface area contributed by atoms with E-state index in [-0.39, 0.29) is 10.6 Å². The second-order valence-electron chi connectivity index (χ2n) is 4.87. The minimum Gasteiger partial charge on any atom is -0.383 e. The van der Waals surface area contributed by atoms with E-state index in [1.807, 2.05) is 11.8 Å². The molecule has 0 aliphatic heterocycles. The van der Waals surface area contributed by atoms with Gasteiger partial charge in [0.1, 0.15) is 0 Å². The Balaban J connectivity index is 2.05. The highest BCUT2D eigenvalue weighted by molar-refractivity contribution is 9.10. The normalized spacial score (nSPS) is 17.4.